The first-order valence-electron chi connectivity index (χ1n) is 4.23. The van der Waals surface area contributed by atoms with Crippen molar-refractivity contribution in [3.8, 4) is 0 Å². The van der Waals surface area contributed by atoms with Gasteiger partial charge in [-0.25, -0.2) is 5.48 Å². The van der Waals surface area contributed by atoms with Crippen LogP contribution >= 0.6 is 23.2 Å². The monoisotopic (exact) mass is 287 g/mol. The molecule has 0 saturated heterocycles. The molecule has 0 aliphatic carbocycles. The minimum absolute atomic E-state index is 0.0579. The Kier molecular flexibility index (Phi) is 4.62. The Morgan fingerprint density at radius 1 is 1.35 bits per heavy atom. The van der Waals surface area contributed by atoms with E-state index in [-0.39, 0.29) is 15.6 Å². The van der Waals surface area contributed by atoms with Crippen molar-refractivity contribution in [2.75, 3.05) is 6.61 Å². The van der Waals surface area contributed by atoms with E-state index in [0.717, 1.165) is 0 Å². The Bertz CT molecular complexity index is 423. The van der Waals surface area contributed by atoms with Crippen LogP contribution in [0.1, 0.15) is 10.4 Å². The van der Waals surface area contributed by atoms with Crippen molar-refractivity contribution in [2.45, 2.75) is 6.18 Å². The molecule has 0 saturated carbocycles. The zero-order chi connectivity index (χ0) is 13.1. The van der Waals surface area contributed by atoms with Crippen molar-refractivity contribution in [1.82, 2.24) is 5.48 Å². The lowest BCUT2D eigenvalue weighted by molar-refractivity contribution is -0.184. The van der Waals surface area contributed by atoms with Crippen LogP contribution in [0.15, 0.2) is 18.2 Å². The molecule has 1 aromatic rings. The topological polar surface area (TPSA) is 38.3 Å². The molecule has 0 spiro atoms. The maximum atomic E-state index is 11.7. The number of rotatable bonds is 3. The number of hydroxylamine groups is 1. The fraction of sp³-hybridized carbons (Fsp3) is 0.222. The highest BCUT2D eigenvalue weighted by molar-refractivity contribution is 6.35. The van der Waals surface area contributed by atoms with Gasteiger partial charge in [-0.1, -0.05) is 23.2 Å². The van der Waals surface area contributed by atoms with E-state index in [1.807, 2.05) is 0 Å². The average molecular weight is 288 g/mol. The number of alkyl halides is 3. The molecule has 1 rings (SSSR count). The van der Waals surface area contributed by atoms with Gasteiger partial charge in [0.05, 0.1) is 10.6 Å². The third-order valence-corrected chi connectivity index (χ3v) is 2.14. The summed E-state index contributed by atoms with van der Waals surface area (Å²) in [6.45, 7) is -1.59. The van der Waals surface area contributed by atoms with E-state index in [1.54, 1.807) is 5.48 Å². The van der Waals surface area contributed by atoms with Crippen LogP contribution in [0.25, 0.3) is 0 Å². The van der Waals surface area contributed by atoms with E-state index < -0.39 is 18.7 Å². The second-order valence-corrected chi connectivity index (χ2v) is 3.80. The number of halogens is 5. The summed E-state index contributed by atoms with van der Waals surface area (Å²) in [5, 5.41) is 0.290. The first-order valence-corrected chi connectivity index (χ1v) is 4.99. The minimum atomic E-state index is -4.52. The molecule has 0 radical (unpaired) electrons. The molecule has 0 bridgehead atoms. The van der Waals surface area contributed by atoms with Gasteiger partial charge in [-0.3, -0.25) is 9.63 Å². The summed E-state index contributed by atoms with van der Waals surface area (Å²) < 4.78 is 35.2. The Hall–Kier alpha value is -0.980. The second-order valence-electron chi connectivity index (χ2n) is 2.96. The smallest absolute Gasteiger partial charge is 0.267 e. The van der Waals surface area contributed by atoms with Gasteiger partial charge in [0.25, 0.3) is 5.91 Å². The fourth-order valence-electron chi connectivity index (χ4n) is 0.910. The van der Waals surface area contributed by atoms with Crippen molar-refractivity contribution in [1.29, 1.82) is 0 Å². The average Bonchev–Trinajstić information content (AvgIpc) is 2.19. The molecule has 17 heavy (non-hydrogen) atoms. The lowest BCUT2D eigenvalue weighted by Gasteiger charge is -2.09. The molecule has 0 unspecified atom stereocenters. The number of nitrogens with one attached hydrogen (secondary N) is 1. The molecule has 0 fully saturated rings. The first-order chi connectivity index (χ1) is 7.79. The lowest BCUT2D eigenvalue weighted by atomic mass is 10.2. The molecule has 8 heteroatoms. The SMILES string of the molecule is O=C(NOCC(F)(F)F)c1cc(Cl)ccc1Cl. The zero-order valence-electron chi connectivity index (χ0n) is 8.15. The molecule has 94 valence electrons. The predicted octanol–water partition coefficient (Wildman–Crippen LogP) is 3.22. The molecule has 0 aromatic heterocycles. The van der Waals surface area contributed by atoms with Crippen LogP contribution in [0.3, 0.4) is 0 Å². The van der Waals surface area contributed by atoms with Crippen molar-refractivity contribution in [2.24, 2.45) is 0 Å². The fourth-order valence-corrected chi connectivity index (χ4v) is 1.29. The van der Waals surface area contributed by atoms with Crippen molar-refractivity contribution in [3.05, 3.63) is 33.8 Å². The highest BCUT2D eigenvalue weighted by atomic mass is 35.5. The Morgan fingerprint density at radius 3 is 2.59 bits per heavy atom. The molecule has 3 nitrogen and oxygen atoms in total. The highest BCUT2D eigenvalue weighted by Gasteiger charge is 2.28. The summed E-state index contributed by atoms with van der Waals surface area (Å²) in [6.07, 6.45) is -4.52. The van der Waals surface area contributed by atoms with Gasteiger partial charge in [-0.2, -0.15) is 13.2 Å². The molecular weight excluding hydrogens is 282 g/mol. The Morgan fingerprint density at radius 2 is 2.00 bits per heavy atom. The largest absolute Gasteiger partial charge is 0.414 e. The highest BCUT2D eigenvalue weighted by Crippen LogP contribution is 2.20. The Balaban J connectivity index is 2.61. The predicted molar refractivity (Wildman–Crippen MR) is 55.9 cm³/mol. The van der Waals surface area contributed by atoms with E-state index >= 15 is 0 Å². The number of amides is 1. The molecular formula is C9H6Cl2F3NO2. The summed E-state index contributed by atoms with van der Waals surface area (Å²) in [5.41, 5.74) is 1.55. The van der Waals surface area contributed by atoms with Crippen LogP contribution in [0.4, 0.5) is 13.2 Å². The summed E-state index contributed by atoms with van der Waals surface area (Å²) in [7, 11) is 0. The second kappa shape index (κ2) is 5.57. The van der Waals surface area contributed by atoms with Crippen molar-refractivity contribution in [3.63, 3.8) is 0 Å². The number of hydrogen-bond donors (Lipinski definition) is 1. The van der Waals surface area contributed by atoms with E-state index in [0.29, 0.717) is 0 Å². The lowest BCUT2D eigenvalue weighted by Crippen LogP contribution is -2.29. The van der Waals surface area contributed by atoms with Crippen LogP contribution in [0, 0.1) is 0 Å². The van der Waals surface area contributed by atoms with Crippen LogP contribution < -0.4 is 5.48 Å². The van der Waals surface area contributed by atoms with Crippen LogP contribution in [0.5, 0.6) is 0 Å². The van der Waals surface area contributed by atoms with E-state index in [2.05, 4.69) is 4.84 Å². The third kappa shape index (κ3) is 4.80. The van der Waals surface area contributed by atoms with Gasteiger partial charge < -0.3 is 0 Å². The quantitative estimate of drug-likeness (QED) is 0.867. The maximum absolute atomic E-state index is 11.7. The van der Waals surface area contributed by atoms with Gasteiger partial charge in [0.15, 0.2) is 6.61 Å². The zero-order valence-corrected chi connectivity index (χ0v) is 9.66. The van der Waals surface area contributed by atoms with Gasteiger partial charge in [0, 0.05) is 5.02 Å². The normalized spacial score (nSPS) is 11.4. The molecule has 0 atom stereocenters. The van der Waals surface area contributed by atoms with Gasteiger partial charge in [-0.05, 0) is 18.2 Å². The van der Waals surface area contributed by atoms with Gasteiger partial charge >= 0.3 is 6.18 Å². The molecule has 1 amide bonds. The summed E-state index contributed by atoms with van der Waals surface area (Å²) >= 11 is 11.3. The standard InChI is InChI=1S/C9H6Cl2F3NO2/c10-5-1-2-7(11)6(3-5)8(16)15-17-4-9(12,13)14/h1-3H,4H2,(H,15,16). The van der Waals surface area contributed by atoms with Crippen molar-refractivity contribution < 1.29 is 22.8 Å². The number of carbonyl (C=O) groups excluding carboxylic acids is 1. The first kappa shape index (κ1) is 14.1. The van der Waals surface area contributed by atoms with E-state index in [1.165, 1.54) is 18.2 Å². The number of carbonyl (C=O) groups is 1. The Labute approximate surface area is 104 Å². The maximum Gasteiger partial charge on any atom is 0.414 e. The van der Waals surface area contributed by atoms with Gasteiger partial charge in [0.1, 0.15) is 0 Å². The number of hydrogen-bond acceptors (Lipinski definition) is 2. The van der Waals surface area contributed by atoms with Gasteiger partial charge in [-0.15, -0.1) is 0 Å². The van der Waals surface area contributed by atoms with Crippen LogP contribution in [-0.4, -0.2) is 18.7 Å². The molecule has 1 N–H and O–H groups in total. The molecule has 1 aromatic carbocycles. The molecule has 0 aliphatic rings. The van der Waals surface area contributed by atoms with Crippen LogP contribution in [0.2, 0.25) is 10.0 Å². The third-order valence-electron chi connectivity index (χ3n) is 1.57. The summed E-state index contributed by atoms with van der Waals surface area (Å²) in [6, 6.07) is 4.01. The summed E-state index contributed by atoms with van der Waals surface area (Å²) in [4.78, 5) is 15.3. The van der Waals surface area contributed by atoms with E-state index in [4.69, 9.17) is 23.2 Å². The van der Waals surface area contributed by atoms with Crippen molar-refractivity contribution >= 4 is 29.1 Å². The minimum Gasteiger partial charge on any atom is -0.267 e. The molecule has 0 aliphatic heterocycles. The summed E-state index contributed by atoms with van der Waals surface area (Å²) in [5.74, 6) is -0.901. The van der Waals surface area contributed by atoms with Crippen LogP contribution in [-0.2, 0) is 4.84 Å². The van der Waals surface area contributed by atoms with Gasteiger partial charge in [0.2, 0.25) is 0 Å². The molecule has 0 heterocycles. The van der Waals surface area contributed by atoms with E-state index in [9.17, 15) is 18.0 Å². The number of benzene rings is 1.